The Morgan fingerprint density at radius 3 is 2.35 bits per heavy atom. The van der Waals surface area contributed by atoms with Crippen LogP contribution in [0.4, 0.5) is 0 Å². The monoisotopic (exact) mass is 281 g/mol. The van der Waals surface area contributed by atoms with Gasteiger partial charge in [-0.05, 0) is 11.1 Å². The maximum Gasteiger partial charge on any atom is 0.306 e. The summed E-state index contributed by atoms with van der Waals surface area (Å²) in [7, 11) is 3.06. The van der Waals surface area contributed by atoms with Crippen molar-refractivity contribution in [1.82, 2.24) is 4.90 Å². The van der Waals surface area contributed by atoms with Crippen molar-refractivity contribution in [1.29, 1.82) is 0 Å². The van der Waals surface area contributed by atoms with E-state index in [0.29, 0.717) is 19.6 Å². The lowest BCUT2D eigenvalue weighted by Gasteiger charge is -2.21. The van der Waals surface area contributed by atoms with E-state index in [2.05, 4.69) is 9.64 Å². The van der Waals surface area contributed by atoms with Gasteiger partial charge in [-0.2, -0.15) is 0 Å². The first kappa shape index (κ1) is 16.6. The molecule has 0 saturated carbocycles. The molecule has 0 bridgehead atoms. The highest BCUT2D eigenvalue weighted by molar-refractivity contribution is 5.69. The average Bonchev–Trinajstić information content (AvgIpc) is 2.50. The van der Waals surface area contributed by atoms with Gasteiger partial charge in [-0.1, -0.05) is 24.3 Å². The first-order valence-corrected chi connectivity index (χ1v) is 6.66. The molecule has 0 amide bonds. The number of hydrogen-bond donors (Lipinski definition) is 1. The van der Waals surface area contributed by atoms with Gasteiger partial charge >= 0.3 is 5.97 Å². The molecular weight excluding hydrogens is 258 g/mol. The van der Waals surface area contributed by atoms with Crippen LogP contribution in [-0.2, 0) is 27.4 Å². The number of methoxy groups -OCH3 is 2. The molecule has 5 nitrogen and oxygen atoms in total. The number of esters is 1. The number of nitrogens with zero attached hydrogens (tertiary/aromatic N) is 1. The van der Waals surface area contributed by atoms with Crippen molar-refractivity contribution >= 4 is 5.97 Å². The second kappa shape index (κ2) is 9.47. The van der Waals surface area contributed by atoms with Crippen molar-refractivity contribution in [2.45, 2.75) is 19.6 Å². The summed E-state index contributed by atoms with van der Waals surface area (Å²) < 4.78 is 9.75. The van der Waals surface area contributed by atoms with E-state index >= 15 is 0 Å². The van der Waals surface area contributed by atoms with E-state index in [9.17, 15) is 4.79 Å². The summed E-state index contributed by atoms with van der Waals surface area (Å²) in [6, 6.07) is 7.79. The Morgan fingerprint density at radius 1 is 1.15 bits per heavy atom. The number of carbonyl (C=O) groups excluding carboxylic acids is 1. The minimum absolute atomic E-state index is 0.0516. The van der Waals surface area contributed by atoms with Crippen LogP contribution in [0.5, 0.6) is 0 Å². The van der Waals surface area contributed by atoms with Gasteiger partial charge in [0.1, 0.15) is 0 Å². The van der Waals surface area contributed by atoms with E-state index in [1.54, 1.807) is 7.11 Å². The zero-order valence-corrected chi connectivity index (χ0v) is 12.2. The quantitative estimate of drug-likeness (QED) is 0.689. The van der Waals surface area contributed by atoms with Gasteiger partial charge in [0.15, 0.2) is 0 Å². The van der Waals surface area contributed by atoms with Gasteiger partial charge in [-0.25, -0.2) is 0 Å². The van der Waals surface area contributed by atoms with E-state index in [1.165, 1.54) is 7.11 Å². The summed E-state index contributed by atoms with van der Waals surface area (Å²) >= 11 is 0. The largest absolute Gasteiger partial charge is 0.469 e. The predicted molar refractivity (Wildman–Crippen MR) is 76.2 cm³/mol. The Labute approximate surface area is 120 Å². The summed E-state index contributed by atoms with van der Waals surface area (Å²) in [5, 5.41) is 9.02. The molecular formula is C15H23NO4. The number of rotatable bonds is 9. The zero-order chi connectivity index (χ0) is 14.8. The van der Waals surface area contributed by atoms with Gasteiger partial charge < -0.3 is 14.6 Å². The molecule has 0 radical (unpaired) electrons. The van der Waals surface area contributed by atoms with Crippen LogP contribution in [0.15, 0.2) is 24.3 Å². The molecule has 0 atom stereocenters. The van der Waals surface area contributed by atoms with Crippen molar-refractivity contribution < 1.29 is 19.4 Å². The molecule has 0 unspecified atom stereocenters. The number of hydrogen-bond acceptors (Lipinski definition) is 5. The Hall–Kier alpha value is -1.43. The Balaban J connectivity index is 2.55. The molecule has 0 fully saturated rings. The molecule has 0 aliphatic heterocycles. The van der Waals surface area contributed by atoms with E-state index < -0.39 is 0 Å². The SMILES string of the molecule is COCCN(CCC(=O)OC)Cc1ccc(CO)cc1. The smallest absolute Gasteiger partial charge is 0.306 e. The summed E-state index contributed by atoms with van der Waals surface area (Å²) in [6.45, 7) is 2.81. The van der Waals surface area contributed by atoms with Gasteiger partial charge in [0.05, 0.1) is 26.7 Å². The van der Waals surface area contributed by atoms with Gasteiger partial charge in [0.2, 0.25) is 0 Å². The number of carbonyl (C=O) groups is 1. The first-order chi connectivity index (χ1) is 9.69. The molecule has 0 aliphatic carbocycles. The van der Waals surface area contributed by atoms with E-state index in [4.69, 9.17) is 9.84 Å². The van der Waals surface area contributed by atoms with Crippen LogP contribution in [0.25, 0.3) is 0 Å². The molecule has 1 aromatic carbocycles. The summed E-state index contributed by atoms with van der Waals surface area (Å²) in [6.07, 6.45) is 0.370. The number of aliphatic hydroxyl groups is 1. The fraction of sp³-hybridized carbons (Fsp3) is 0.533. The third kappa shape index (κ3) is 6.14. The topological polar surface area (TPSA) is 59.0 Å². The minimum atomic E-state index is -0.206. The standard InChI is InChI=1S/C15H23NO4/c1-19-10-9-16(8-7-15(18)20-2)11-13-3-5-14(12-17)6-4-13/h3-6,17H,7-12H2,1-2H3. The summed E-state index contributed by atoms with van der Waals surface area (Å²) in [5.74, 6) is -0.206. The second-order valence-corrected chi connectivity index (χ2v) is 4.57. The highest BCUT2D eigenvalue weighted by Crippen LogP contribution is 2.08. The lowest BCUT2D eigenvalue weighted by Crippen LogP contribution is -2.29. The zero-order valence-electron chi connectivity index (χ0n) is 12.2. The molecule has 0 aliphatic rings. The Morgan fingerprint density at radius 2 is 1.80 bits per heavy atom. The van der Waals surface area contributed by atoms with E-state index in [1.807, 2.05) is 24.3 Å². The molecule has 0 spiro atoms. The average molecular weight is 281 g/mol. The Bertz CT molecular complexity index is 391. The summed E-state index contributed by atoms with van der Waals surface area (Å²) in [4.78, 5) is 13.4. The number of benzene rings is 1. The van der Waals surface area contributed by atoms with Crippen molar-refractivity contribution in [2.75, 3.05) is 33.9 Å². The van der Waals surface area contributed by atoms with Crippen LogP contribution in [0.2, 0.25) is 0 Å². The van der Waals surface area contributed by atoms with Crippen molar-refractivity contribution in [3.8, 4) is 0 Å². The minimum Gasteiger partial charge on any atom is -0.469 e. The highest BCUT2D eigenvalue weighted by Gasteiger charge is 2.09. The maximum atomic E-state index is 11.2. The van der Waals surface area contributed by atoms with Gasteiger partial charge in [0.25, 0.3) is 0 Å². The fourth-order valence-electron chi connectivity index (χ4n) is 1.85. The molecule has 112 valence electrons. The van der Waals surface area contributed by atoms with Crippen LogP contribution in [0, 0.1) is 0 Å². The second-order valence-electron chi connectivity index (χ2n) is 4.57. The fourth-order valence-corrected chi connectivity index (χ4v) is 1.85. The van der Waals surface area contributed by atoms with Crippen LogP contribution in [0.1, 0.15) is 17.5 Å². The van der Waals surface area contributed by atoms with Gasteiger partial charge in [0, 0.05) is 26.7 Å². The third-order valence-electron chi connectivity index (χ3n) is 3.08. The lowest BCUT2D eigenvalue weighted by molar-refractivity contribution is -0.141. The van der Waals surface area contributed by atoms with Crippen LogP contribution >= 0.6 is 0 Å². The molecule has 0 heterocycles. The first-order valence-electron chi connectivity index (χ1n) is 6.66. The van der Waals surface area contributed by atoms with Crippen molar-refractivity contribution in [3.05, 3.63) is 35.4 Å². The molecule has 1 N–H and O–H groups in total. The molecule has 20 heavy (non-hydrogen) atoms. The normalized spacial score (nSPS) is 10.8. The third-order valence-corrected chi connectivity index (χ3v) is 3.08. The molecule has 1 aromatic rings. The van der Waals surface area contributed by atoms with Crippen molar-refractivity contribution in [2.24, 2.45) is 0 Å². The molecule has 5 heteroatoms. The lowest BCUT2D eigenvalue weighted by atomic mass is 10.1. The maximum absolute atomic E-state index is 11.2. The predicted octanol–water partition coefficient (Wildman–Crippen LogP) is 1.19. The highest BCUT2D eigenvalue weighted by atomic mass is 16.5. The van der Waals surface area contributed by atoms with Crippen molar-refractivity contribution in [3.63, 3.8) is 0 Å². The number of ether oxygens (including phenoxy) is 2. The van der Waals surface area contributed by atoms with E-state index in [-0.39, 0.29) is 12.6 Å². The van der Waals surface area contributed by atoms with E-state index in [0.717, 1.165) is 24.2 Å². The Kier molecular flexibility index (Phi) is 7.87. The van der Waals surface area contributed by atoms with Crippen LogP contribution in [0.3, 0.4) is 0 Å². The van der Waals surface area contributed by atoms with Gasteiger partial charge in [-0.15, -0.1) is 0 Å². The molecule has 1 rings (SSSR count). The van der Waals surface area contributed by atoms with Gasteiger partial charge in [-0.3, -0.25) is 9.69 Å². The number of aliphatic hydroxyl groups excluding tert-OH is 1. The molecule has 0 saturated heterocycles. The van der Waals surface area contributed by atoms with Crippen LogP contribution in [-0.4, -0.2) is 49.9 Å². The summed E-state index contributed by atoms with van der Waals surface area (Å²) in [5.41, 5.74) is 2.04. The molecule has 0 aromatic heterocycles. The van der Waals surface area contributed by atoms with Crippen LogP contribution < -0.4 is 0 Å².